The summed E-state index contributed by atoms with van der Waals surface area (Å²) in [5.74, 6) is 0.730. The van der Waals surface area contributed by atoms with E-state index in [1.54, 1.807) is 0 Å². The zero-order chi connectivity index (χ0) is 20.2. The molecule has 1 atom stereocenters. The van der Waals surface area contributed by atoms with Gasteiger partial charge >= 0.3 is 0 Å². The van der Waals surface area contributed by atoms with Gasteiger partial charge in [0.05, 0.1) is 29.5 Å². The predicted molar refractivity (Wildman–Crippen MR) is 114 cm³/mol. The Bertz CT molecular complexity index is 1010. The molecule has 1 unspecified atom stereocenters. The molecule has 29 heavy (non-hydrogen) atoms. The quantitative estimate of drug-likeness (QED) is 0.672. The summed E-state index contributed by atoms with van der Waals surface area (Å²) < 4.78 is 11.2. The number of fused-ring (bicyclic) bond motifs is 1. The van der Waals surface area contributed by atoms with E-state index in [9.17, 15) is 4.79 Å². The van der Waals surface area contributed by atoms with Gasteiger partial charge < -0.3 is 14.8 Å². The van der Waals surface area contributed by atoms with Crippen molar-refractivity contribution in [1.82, 2.24) is 10.3 Å². The first-order chi connectivity index (χ1) is 14.1. The molecular formula is C24H26N2O3. The fourth-order valence-electron chi connectivity index (χ4n) is 3.67. The lowest BCUT2D eigenvalue weighted by molar-refractivity contribution is 0.0859. The van der Waals surface area contributed by atoms with Crippen molar-refractivity contribution < 1.29 is 14.3 Å². The molecule has 0 saturated carbocycles. The molecule has 5 heteroatoms. The first kappa shape index (κ1) is 19.4. The molecule has 1 saturated heterocycles. The molecule has 0 radical (unpaired) electrons. The van der Waals surface area contributed by atoms with Gasteiger partial charge in [-0.15, -0.1) is 0 Å². The first-order valence-corrected chi connectivity index (χ1v) is 10.2. The van der Waals surface area contributed by atoms with Crippen LogP contribution < -0.4 is 10.1 Å². The van der Waals surface area contributed by atoms with Crippen LogP contribution in [0.15, 0.2) is 48.5 Å². The second kappa shape index (κ2) is 8.62. The van der Waals surface area contributed by atoms with Crippen LogP contribution in [0.1, 0.15) is 35.7 Å². The van der Waals surface area contributed by atoms with Gasteiger partial charge in [0.2, 0.25) is 0 Å². The van der Waals surface area contributed by atoms with E-state index >= 15 is 0 Å². The zero-order valence-corrected chi connectivity index (χ0v) is 16.9. The molecule has 1 fully saturated rings. The molecule has 2 aromatic carbocycles. The summed E-state index contributed by atoms with van der Waals surface area (Å²) in [7, 11) is 0. The normalized spacial score (nSPS) is 16.1. The lowest BCUT2D eigenvalue weighted by Crippen LogP contribution is -2.32. The fourth-order valence-corrected chi connectivity index (χ4v) is 3.67. The van der Waals surface area contributed by atoms with Crippen molar-refractivity contribution in [2.45, 2.75) is 32.8 Å². The number of rotatable bonds is 6. The first-order valence-electron chi connectivity index (χ1n) is 10.2. The second-order valence-corrected chi connectivity index (χ2v) is 7.38. The van der Waals surface area contributed by atoms with Crippen LogP contribution in [0.4, 0.5) is 0 Å². The maximum Gasteiger partial charge on any atom is 0.252 e. The van der Waals surface area contributed by atoms with E-state index in [1.165, 1.54) is 0 Å². The Balaban J connectivity index is 1.68. The van der Waals surface area contributed by atoms with E-state index in [2.05, 4.69) is 5.32 Å². The third-order valence-corrected chi connectivity index (χ3v) is 5.18. The predicted octanol–water partition coefficient (Wildman–Crippen LogP) is 4.52. The maximum atomic E-state index is 13.0. The van der Waals surface area contributed by atoms with Gasteiger partial charge in [-0.25, -0.2) is 4.98 Å². The Morgan fingerprint density at radius 3 is 2.76 bits per heavy atom. The van der Waals surface area contributed by atoms with Crippen LogP contribution in [-0.2, 0) is 4.74 Å². The van der Waals surface area contributed by atoms with Crippen LogP contribution in [0.2, 0.25) is 0 Å². The van der Waals surface area contributed by atoms with Gasteiger partial charge in [0.15, 0.2) is 0 Å². The van der Waals surface area contributed by atoms with Crippen molar-refractivity contribution in [3.8, 4) is 17.0 Å². The minimum absolute atomic E-state index is 0.0920. The molecule has 2 heterocycles. The third-order valence-electron chi connectivity index (χ3n) is 5.18. The van der Waals surface area contributed by atoms with Crippen LogP contribution in [0, 0.1) is 6.92 Å². The molecule has 0 aliphatic carbocycles. The summed E-state index contributed by atoms with van der Waals surface area (Å²) in [5, 5.41) is 3.91. The summed E-state index contributed by atoms with van der Waals surface area (Å²) in [6, 6.07) is 15.7. The highest BCUT2D eigenvalue weighted by molar-refractivity contribution is 6.07. The minimum atomic E-state index is -0.0920. The molecular weight excluding hydrogens is 364 g/mol. The smallest absolute Gasteiger partial charge is 0.252 e. The molecule has 1 amide bonds. The Kier molecular flexibility index (Phi) is 5.76. The molecule has 0 bridgehead atoms. The highest BCUT2D eigenvalue weighted by Gasteiger charge is 2.19. The van der Waals surface area contributed by atoms with Crippen LogP contribution in [0.5, 0.6) is 5.75 Å². The molecule has 5 nitrogen and oxygen atoms in total. The fraction of sp³-hybridized carbons (Fsp3) is 0.333. The van der Waals surface area contributed by atoms with Crippen molar-refractivity contribution in [3.63, 3.8) is 0 Å². The van der Waals surface area contributed by atoms with Crippen LogP contribution in [0.25, 0.3) is 22.2 Å². The Hall–Kier alpha value is -2.92. The molecule has 1 aliphatic heterocycles. The van der Waals surface area contributed by atoms with Crippen molar-refractivity contribution in [2.24, 2.45) is 0 Å². The lowest BCUT2D eigenvalue weighted by atomic mass is 10.0. The van der Waals surface area contributed by atoms with E-state index in [-0.39, 0.29) is 12.0 Å². The van der Waals surface area contributed by atoms with E-state index in [1.807, 2.05) is 62.4 Å². The number of hydrogen-bond donors (Lipinski definition) is 1. The monoisotopic (exact) mass is 390 g/mol. The Morgan fingerprint density at radius 1 is 1.21 bits per heavy atom. The Morgan fingerprint density at radius 2 is 2.03 bits per heavy atom. The highest BCUT2D eigenvalue weighted by Crippen LogP contribution is 2.27. The van der Waals surface area contributed by atoms with Crippen molar-refractivity contribution >= 4 is 16.8 Å². The number of amides is 1. The number of aromatic nitrogens is 1. The van der Waals surface area contributed by atoms with Crippen molar-refractivity contribution in [2.75, 3.05) is 19.8 Å². The summed E-state index contributed by atoms with van der Waals surface area (Å²) >= 11 is 0. The third kappa shape index (κ3) is 4.40. The van der Waals surface area contributed by atoms with Gasteiger partial charge in [0.1, 0.15) is 5.75 Å². The lowest BCUT2D eigenvalue weighted by Gasteiger charge is -2.14. The number of ether oxygens (including phenoxy) is 2. The minimum Gasteiger partial charge on any atom is -0.494 e. The van der Waals surface area contributed by atoms with E-state index in [0.29, 0.717) is 18.7 Å². The van der Waals surface area contributed by atoms with Crippen LogP contribution in [0.3, 0.4) is 0 Å². The standard InChI is InChI=1S/C24H26N2O3/c1-3-28-18-9-7-17(8-10-18)23-14-21(20-13-16(2)6-11-22(20)26-23)24(27)25-15-19-5-4-12-29-19/h6-11,13-14,19H,3-5,12,15H2,1-2H3,(H,25,27). The molecule has 1 aliphatic rings. The number of hydrogen-bond acceptors (Lipinski definition) is 4. The van der Waals surface area contributed by atoms with Crippen molar-refractivity contribution in [3.05, 3.63) is 59.7 Å². The molecule has 4 rings (SSSR count). The van der Waals surface area contributed by atoms with Gasteiger partial charge in [-0.1, -0.05) is 11.6 Å². The molecule has 1 aromatic heterocycles. The van der Waals surface area contributed by atoms with Gasteiger partial charge in [-0.2, -0.15) is 0 Å². The van der Waals surface area contributed by atoms with Crippen LogP contribution in [-0.4, -0.2) is 36.8 Å². The van der Waals surface area contributed by atoms with E-state index in [4.69, 9.17) is 14.5 Å². The topological polar surface area (TPSA) is 60.5 Å². The number of aryl methyl sites for hydroxylation is 1. The highest BCUT2D eigenvalue weighted by atomic mass is 16.5. The molecule has 150 valence electrons. The molecule has 0 spiro atoms. The van der Waals surface area contributed by atoms with E-state index < -0.39 is 0 Å². The average Bonchev–Trinajstić information content (AvgIpc) is 3.26. The Labute approximate surface area is 171 Å². The van der Waals surface area contributed by atoms with Gasteiger partial charge in [-0.05, 0) is 69.2 Å². The van der Waals surface area contributed by atoms with Gasteiger partial charge in [0, 0.05) is 24.1 Å². The van der Waals surface area contributed by atoms with Crippen molar-refractivity contribution in [1.29, 1.82) is 0 Å². The largest absolute Gasteiger partial charge is 0.494 e. The second-order valence-electron chi connectivity index (χ2n) is 7.38. The maximum absolute atomic E-state index is 13.0. The van der Waals surface area contributed by atoms with Gasteiger partial charge in [0.25, 0.3) is 5.91 Å². The average molecular weight is 390 g/mol. The SMILES string of the molecule is CCOc1ccc(-c2cc(C(=O)NCC3CCCO3)c3cc(C)ccc3n2)cc1. The summed E-state index contributed by atoms with van der Waals surface area (Å²) in [6.45, 7) is 5.92. The molecule has 1 N–H and O–H groups in total. The van der Waals surface area contributed by atoms with E-state index in [0.717, 1.165) is 52.9 Å². The van der Waals surface area contributed by atoms with Gasteiger partial charge in [-0.3, -0.25) is 4.79 Å². The van der Waals surface area contributed by atoms with Crippen LogP contribution >= 0.6 is 0 Å². The number of benzene rings is 2. The number of carbonyl (C=O) groups excluding carboxylic acids is 1. The summed E-state index contributed by atoms with van der Waals surface area (Å²) in [5.41, 5.74) is 4.27. The number of carbonyl (C=O) groups is 1. The number of pyridine rings is 1. The summed E-state index contributed by atoms with van der Waals surface area (Å²) in [6.07, 6.45) is 2.16. The zero-order valence-electron chi connectivity index (χ0n) is 16.9. The number of nitrogens with zero attached hydrogens (tertiary/aromatic N) is 1. The summed E-state index contributed by atoms with van der Waals surface area (Å²) in [4.78, 5) is 17.8. The molecule has 3 aromatic rings. The number of nitrogens with one attached hydrogen (secondary N) is 1.